The third kappa shape index (κ3) is 4.29. The maximum absolute atomic E-state index is 13.8. The molecule has 1 aliphatic carbocycles. The highest BCUT2D eigenvalue weighted by Gasteiger charge is 2.26. The molecule has 1 aliphatic rings. The van der Waals surface area contributed by atoms with E-state index in [1.165, 1.54) is 12.3 Å². The van der Waals surface area contributed by atoms with Crippen molar-refractivity contribution < 1.29 is 23.1 Å². The van der Waals surface area contributed by atoms with Crippen LogP contribution in [0.1, 0.15) is 34.1 Å². The Morgan fingerprint density at radius 1 is 1.14 bits per heavy atom. The van der Waals surface area contributed by atoms with Crippen LogP contribution in [0.2, 0.25) is 0 Å². The Morgan fingerprint density at radius 3 is 2.83 bits per heavy atom. The molecule has 4 rings (SSSR count). The van der Waals surface area contributed by atoms with Crippen LogP contribution in [0, 0.1) is 5.82 Å². The topological polar surface area (TPSA) is 80.6 Å². The highest BCUT2D eigenvalue weighted by atomic mass is 19.1. The molecule has 29 heavy (non-hydrogen) atoms. The van der Waals surface area contributed by atoms with Crippen LogP contribution >= 0.6 is 0 Å². The van der Waals surface area contributed by atoms with Crippen molar-refractivity contribution in [3.05, 3.63) is 83.6 Å². The van der Waals surface area contributed by atoms with E-state index in [0.29, 0.717) is 29.8 Å². The molecule has 2 amide bonds. The minimum atomic E-state index is -0.378. The number of rotatable bonds is 6. The van der Waals surface area contributed by atoms with Gasteiger partial charge in [-0.3, -0.25) is 9.59 Å². The Kier molecular flexibility index (Phi) is 5.29. The number of carbonyl (C=O) groups excluding carboxylic acids is 2. The number of hydrogen-bond donors (Lipinski definition) is 2. The molecule has 0 bridgehead atoms. The van der Waals surface area contributed by atoms with Crippen LogP contribution in [0.4, 0.5) is 10.1 Å². The summed E-state index contributed by atoms with van der Waals surface area (Å²) in [6, 6.07) is 14.6. The van der Waals surface area contributed by atoms with Gasteiger partial charge in [-0.05, 0) is 54.3 Å². The Balaban J connectivity index is 1.32. The highest BCUT2D eigenvalue weighted by Crippen LogP contribution is 2.32. The highest BCUT2D eigenvalue weighted by molar-refractivity contribution is 6.02. The first-order valence-corrected chi connectivity index (χ1v) is 9.24. The number of halogens is 1. The van der Waals surface area contributed by atoms with Crippen LogP contribution in [-0.4, -0.2) is 18.4 Å². The molecular weight excluding hydrogens is 375 g/mol. The normalized spacial score (nSPS) is 14.9. The maximum atomic E-state index is 13.8. The second-order valence-electron chi connectivity index (χ2n) is 6.71. The maximum Gasteiger partial charge on any atom is 0.291 e. The largest absolute Gasteiger partial charge is 0.484 e. The Bertz CT molecular complexity index is 1030. The van der Waals surface area contributed by atoms with Gasteiger partial charge in [0.1, 0.15) is 11.6 Å². The fourth-order valence-corrected chi connectivity index (χ4v) is 3.41. The minimum absolute atomic E-state index is 0.184. The zero-order valence-corrected chi connectivity index (χ0v) is 15.5. The lowest BCUT2D eigenvalue weighted by Gasteiger charge is -2.15. The van der Waals surface area contributed by atoms with Gasteiger partial charge in [-0.25, -0.2) is 4.39 Å². The molecule has 6 nitrogen and oxygen atoms in total. The van der Waals surface area contributed by atoms with E-state index < -0.39 is 0 Å². The molecular formula is C22H19FN2O4. The van der Waals surface area contributed by atoms with Crippen molar-refractivity contribution in [3.63, 3.8) is 0 Å². The number of benzene rings is 2. The second kappa shape index (κ2) is 8.18. The van der Waals surface area contributed by atoms with Crippen LogP contribution in [0.5, 0.6) is 5.75 Å². The number of furan rings is 1. The van der Waals surface area contributed by atoms with Crippen molar-refractivity contribution in [3.8, 4) is 5.75 Å². The molecule has 0 aliphatic heterocycles. The summed E-state index contributed by atoms with van der Waals surface area (Å²) in [7, 11) is 0. The summed E-state index contributed by atoms with van der Waals surface area (Å²) in [4.78, 5) is 24.3. The predicted molar refractivity (Wildman–Crippen MR) is 104 cm³/mol. The van der Waals surface area contributed by atoms with Crippen LogP contribution < -0.4 is 15.4 Å². The molecule has 3 aromatic rings. The molecule has 0 radical (unpaired) electrons. The van der Waals surface area contributed by atoms with Crippen molar-refractivity contribution in [2.24, 2.45) is 0 Å². The first kappa shape index (κ1) is 18.7. The van der Waals surface area contributed by atoms with Crippen molar-refractivity contribution in [2.45, 2.75) is 18.9 Å². The zero-order valence-electron chi connectivity index (χ0n) is 15.5. The van der Waals surface area contributed by atoms with Crippen LogP contribution in [0.15, 0.2) is 65.3 Å². The van der Waals surface area contributed by atoms with Gasteiger partial charge in [-0.15, -0.1) is 0 Å². The number of anilines is 1. The van der Waals surface area contributed by atoms with Gasteiger partial charge >= 0.3 is 0 Å². The van der Waals surface area contributed by atoms with Crippen LogP contribution in [-0.2, 0) is 11.2 Å². The number of nitrogens with one attached hydrogen (secondary N) is 2. The van der Waals surface area contributed by atoms with E-state index in [0.717, 1.165) is 5.56 Å². The summed E-state index contributed by atoms with van der Waals surface area (Å²) in [6.07, 6.45) is 2.69. The third-order valence-electron chi connectivity index (χ3n) is 4.76. The summed E-state index contributed by atoms with van der Waals surface area (Å²) >= 11 is 0. The van der Waals surface area contributed by atoms with Gasteiger partial charge in [-0.2, -0.15) is 0 Å². The van der Waals surface area contributed by atoms with E-state index in [1.807, 2.05) is 6.07 Å². The quantitative estimate of drug-likeness (QED) is 0.665. The average molecular weight is 394 g/mol. The Morgan fingerprint density at radius 2 is 2.00 bits per heavy atom. The summed E-state index contributed by atoms with van der Waals surface area (Å²) < 4.78 is 24.4. The van der Waals surface area contributed by atoms with Gasteiger partial charge in [0.15, 0.2) is 12.4 Å². The number of carbonyl (C=O) groups is 2. The lowest BCUT2D eigenvalue weighted by atomic mass is 10.1. The van der Waals surface area contributed by atoms with Gasteiger partial charge < -0.3 is 19.8 Å². The third-order valence-corrected chi connectivity index (χ3v) is 4.76. The monoisotopic (exact) mass is 394 g/mol. The molecule has 2 N–H and O–H groups in total. The van der Waals surface area contributed by atoms with Crippen molar-refractivity contribution >= 4 is 17.5 Å². The second-order valence-corrected chi connectivity index (χ2v) is 6.71. The summed E-state index contributed by atoms with van der Waals surface area (Å²) in [5.41, 5.74) is 2.00. The summed E-state index contributed by atoms with van der Waals surface area (Å²) in [5, 5.41) is 5.58. The van der Waals surface area contributed by atoms with E-state index in [4.69, 9.17) is 9.15 Å². The number of fused-ring (bicyclic) bond motifs is 1. The summed E-state index contributed by atoms with van der Waals surface area (Å²) in [6.45, 7) is -0.184. The molecule has 1 aromatic heterocycles. The minimum Gasteiger partial charge on any atom is -0.484 e. The molecule has 0 spiro atoms. The smallest absolute Gasteiger partial charge is 0.291 e. The van der Waals surface area contributed by atoms with E-state index >= 15 is 0 Å². The molecule has 0 saturated heterocycles. The van der Waals surface area contributed by atoms with Gasteiger partial charge in [0.25, 0.3) is 11.8 Å². The van der Waals surface area contributed by atoms with Gasteiger partial charge in [0.2, 0.25) is 0 Å². The first-order valence-electron chi connectivity index (χ1n) is 9.24. The molecule has 1 atom stereocenters. The molecule has 148 valence electrons. The van der Waals surface area contributed by atoms with E-state index in [2.05, 4.69) is 10.6 Å². The number of hydrogen-bond acceptors (Lipinski definition) is 4. The lowest BCUT2D eigenvalue weighted by Crippen LogP contribution is -2.31. The van der Waals surface area contributed by atoms with Gasteiger partial charge in [0, 0.05) is 11.8 Å². The molecule has 2 aromatic carbocycles. The Labute approximate surface area is 166 Å². The van der Waals surface area contributed by atoms with Crippen molar-refractivity contribution in [1.29, 1.82) is 0 Å². The van der Waals surface area contributed by atoms with Crippen LogP contribution in [0.25, 0.3) is 0 Å². The number of ether oxygens (including phenoxy) is 1. The molecule has 0 fully saturated rings. The van der Waals surface area contributed by atoms with Gasteiger partial charge in [0.05, 0.1) is 12.3 Å². The standard InChI is InChI=1S/C22H19FN2O4/c23-18-7-2-6-17-16(18)9-10-19(17)25-21(26)13-29-15-5-1-4-14(12-15)24-22(27)20-8-3-11-28-20/h1-8,11-12,19H,9-10,13H2,(H,24,27)(H,25,26). The molecule has 7 heteroatoms. The van der Waals surface area contributed by atoms with Crippen LogP contribution in [0.3, 0.4) is 0 Å². The zero-order chi connectivity index (χ0) is 20.2. The SMILES string of the molecule is O=C(COc1cccc(NC(=O)c2ccco2)c1)NC1CCc2c(F)cccc21. The van der Waals surface area contributed by atoms with Crippen molar-refractivity contribution in [2.75, 3.05) is 11.9 Å². The van der Waals surface area contributed by atoms with E-state index in [-0.39, 0.29) is 36.0 Å². The lowest BCUT2D eigenvalue weighted by molar-refractivity contribution is -0.123. The fraction of sp³-hybridized carbons (Fsp3) is 0.182. The Hall–Kier alpha value is -3.61. The van der Waals surface area contributed by atoms with Crippen molar-refractivity contribution in [1.82, 2.24) is 5.32 Å². The average Bonchev–Trinajstić information content (AvgIpc) is 3.38. The summed E-state index contributed by atoms with van der Waals surface area (Å²) in [5.74, 6) is -0.266. The molecule has 0 saturated carbocycles. The van der Waals surface area contributed by atoms with E-state index in [9.17, 15) is 14.0 Å². The van der Waals surface area contributed by atoms with Gasteiger partial charge in [-0.1, -0.05) is 18.2 Å². The van der Waals surface area contributed by atoms with E-state index in [1.54, 1.807) is 42.5 Å². The molecule has 1 unspecified atom stereocenters. The fourth-order valence-electron chi connectivity index (χ4n) is 3.41. The predicted octanol–water partition coefficient (Wildman–Crippen LogP) is 3.85. The first-order chi connectivity index (χ1) is 14.1. The number of amides is 2. The molecule has 1 heterocycles.